The van der Waals surface area contributed by atoms with Crippen molar-refractivity contribution < 1.29 is 41.4 Å². The van der Waals surface area contributed by atoms with Crippen LogP contribution in [0.1, 0.15) is 12.0 Å². The van der Waals surface area contributed by atoms with Gasteiger partial charge in [0.15, 0.2) is 6.61 Å². The van der Waals surface area contributed by atoms with Gasteiger partial charge in [0, 0.05) is 6.42 Å². The molecule has 1 unspecified atom stereocenters. The number of carbonyl (C=O) groups is 2. The number of hydrogen-bond donors (Lipinski definition) is 2. The normalized spacial score (nSPS) is 12.8. The van der Waals surface area contributed by atoms with Crippen LogP contribution in [0.4, 0.5) is 22.0 Å². The average Bonchev–Trinajstić information content (AvgIpc) is 2.43. The van der Waals surface area contributed by atoms with Crippen LogP contribution in [-0.2, 0) is 15.8 Å². The van der Waals surface area contributed by atoms with Crippen LogP contribution >= 0.6 is 0 Å². The summed E-state index contributed by atoms with van der Waals surface area (Å²) in [4.78, 5) is 22.1. The van der Waals surface area contributed by atoms with Gasteiger partial charge in [0.2, 0.25) is 6.43 Å². The molecule has 0 saturated heterocycles. The van der Waals surface area contributed by atoms with E-state index in [1.807, 2.05) is 5.32 Å². The van der Waals surface area contributed by atoms with Crippen LogP contribution in [0.2, 0.25) is 0 Å². The molecule has 1 aromatic carbocycles. The highest BCUT2D eigenvalue weighted by Gasteiger charge is 2.30. The number of carboxylic acid groups (broad SMARTS) is 1. The predicted molar refractivity (Wildman–Crippen MR) is 67.1 cm³/mol. The van der Waals surface area contributed by atoms with E-state index in [-0.39, 0.29) is 5.75 Å². The van der Waals surface area contributed by atoms with Gasteiger partial charge in [0.1, 0.15) is 11.8 Å². The molecule has 0 bridgehead atoms. The number of hydrogen-bond acceptors (Lipinski definition) is 3. The molecule has 23 heavy (non-hydrogen) atoms. The van der Waals surface area contributed by atoms with E-state index in [0.717, 1.165) is 24.3 Å². The first-order chi connectivity index (χ1) is 10.6. The Hall–Kier alpha value is -2.39. The minimum absolute atomic E-state index is 0.0612. The molecule has 0 radical (unpaired) electrons. The molecule has 1 atom stereocenters. The summed E-state index contributed by atoms with van der Waals surface area (Å²) >= 11 is 0. The maximum absolute atomic E-state index is 12.3. The van der Waals surface area contributed by atoms with Crippen molar-refractivity contribution in [2.45, 2.75) is 25.1 Å². The smallest absolute Gasteiger partial charge is 0.416 e. The highest BCUT2D eigenvalue weighted by atomic mass is 19.4. The van der Waals surface area contributed by atoms with Gasteiger partial charge in [-0.2, -0.15) is 13.2 Å². The van der Waals surface area contributed by atoms with Gasteiger partial charge in [-0.15, -0.1) is 0 Å². The number of amides is 1. The first kappa shape index (κ1) is 18.7. The van der Waals surface area contributed by atoms with Crippen LogP contribution in [-0.4, -0.2) is 36.1 Å². The van der Waals surface area contributed by atoms with Crippen LogP contribution in [0.15, 0.2) is 24.3 Å². The Morgan fingerprint density at radius 1 is 1.17 bits per heavy atom. The molecular formula is C13H12F5NO4. The molecule has 5 nitrogen and oxygen atoms in total. The van der Waals surface area contributed by atoms with Gasteiger partial charge in [0.05, 0.1) is 5.56 Å². The molecule has 0 aromatic heterocycles. The minimum Gasteiger partial charge on any atom is -0.484 e. The standard InChI is InChI=1S/C13H12F5NO4/c14-10(15)5-9(12(21)22)19-11(20)6-23-8-3-1-7(2-4-8)13(16,17)18/h1-4,9-10H,5-6H2,(H,19,20)(H,21,22). The second kappa shape index (κ2) is 7.75. The van der Waals surface area contributed by atoms with E-state index in [9.17, 15) is 31.5 Å². The molecule has 0 saturated carbocycles. The zero-order chi connectivity index (χ0) is 17.6. The van der Waals surface area contributed by atoms with Gasteiger partial charge in [-0.25, -0.2) is 13.6 Å². The Bertz CT molecular complexity index is 544. The van der Waals surface area contributed by atoms with Gasteiger partial charge < -0.3 is 15.2 Å². The highest BCUT2D eigenvalue weighted by Crippen LogP contribution is 2.30. The Kier molecular flexibility index (Phi) is 6.28. The SMILES string of the molecule is O=C(COc1ccc(C(F)(F)F)cc1)NC(CC(F)F)C(=O)O. The van der Waals surface area contributed by atoms with Gasteiger partial charge in [-0.05, 0) is 24.3 Å². The van der Waals surface area contributed by atoms with E-state index >= 15 is 0 Å². The quantitative estimate of drug-likeness (QED) is 0.747. The maximum Gasteiger partial charge on any atom is 0.416 e. The summed E-state index contributed by atoms with van der Waals surface area (Å²) in [5.74, 6) is -2.68. The summed E-state index contributed by atoms with van der Waals surface area (Å²) in [6.45, 7) is -0.724. The second-order valence-corrected chi connectivity index (χ2v) is 4.40. The Morgan fingerprint density at radius 2 is 1.74 bits per heavy atom. The van der Waals surface area contributed by atoms with Crippen LogP contribution in [0.5, 0.6) is 5.75 Å². The molecule has 0 fully saturated rings. The Labute approximate surface area is 127 Å². The molecule has 1 amide bonds. The molecule has 1 aromatic rings. The van der Waals surface area contributed by atoms with E-state index < -0.39 is 49.1 Å². The number of rotatable bonds is 7. The summed E-state index contributed by atoms with van der Waals surface area (Å²) in [5, 5.41) is 10.5. The van der Waals surface area contributed by atoms with Gasteiger partial charge in [0.25, 0.3) is 5.91 Å². The van der Waals surface area contributed by atoms with Crippen LogP contribution in [0.25, 0.3) is 0 Å². The monoisotopic (exact) mass is 341 g/mol. The molecule has 10 heteroatoms. The molecule has 2 N–H and O–H groups in total. The van der Waals surface area contributed by atoms with E-state index in [2.05, 4.69) is 0 Å². The van der Waals surface area contributed by atoms with Gasteiger partial charge in [-0.3, -0.25) is 4.79 Å². The third kappa shape index (κ3) is 6.49. The molecular weight excluding hydrogens is 329 g/mol. The summed E-state index contributed by atoms with van der Waals surface area (Å²) in [6, 6.07) is 1.65. The number of carboxylic acids is 1. The maximum atomic E-state index is 12.3. The fourth-order valence-electron chi connectivity index (χ4n) is 1.52. The first-order valence-corrected chi connectivity index (χ1v) is 6.20. The average molecular weight is 341 g/mol. The van der Waals surface area contributed by atoms with Crippen molar-refractivity contribution in [1.29, 1.82) is 0 Å². The molecule has 1 rings (SSSR count). The van der Waals surface area contributed by atoms with Crippen molar-refractivity contribution in [1.82, 2.24) is 5.32 Å². The minimum atomic E-state index is -4.51. The Balaban J connectivity index is 2.54. The first-order valence-electron chi connectivity index (χ1n) is 6.20. The van der Waals surface area contributed by atoms with E-state index in [0.29, 0.717) is 0 Å². The fourth-order valence-corrected chi connectivity index (χ4v) is 1.52. The van der Waals surface area contributed by atoms with Crippen LogP contribution in [0.3, 0.4) is 0 Å². The number of ether oxygens (including phenoxy) is 1. The zero-order valence-corrected chi connectivity index (χ0v) is 11.4. The molecule has 0 heterocycles. The lowest BCUT2D eigenvalue weighted by molar-refractivity contribution is -0.143. The van der Waals surface area contributed by atoms with Gasteiger partial charge in [-0.1, -0.05) is 0 Å². The fraction of sp³-hybridized carbons (Fsp3) is 0.385. The van der Waals surface area contributed by atoms with E-state index in [1.54, 1.807) is 0 Å². The van der Waals surface area contributed by atoms with Crippen molar-refractivity contribution in [3.63, 3.8) is 0 Å². The van der Waals surface area contributed by atoms with Crippen LogP contribution in [0, 0.1) is 0 Å². The lowest BCUT2D eigenvalue weighted by Gasteiger charge is -2.14. The Morgan fingerprint density at radius 3 is 2.17 bits per heavy atom. The number of halogens is 5. The molecule has 0 aliphatic carbocycles. The lowest BCUT2D eigenvalue weighted by atomic mass is 10.2. The highest BCUT2D eigenvalue weighted by molar-refractivity contribution is 5.84. The van der Waals surface area contributed by atoms with E-state index in [1.165, 1.54) is 0 Å². The second-order valence-electron chi connectivity index (χ2n) is 4.40. The van der Waals surface area contributed by atoms with Gasteiger partial charge >= 0.3 is 12.1 Å². The number of carbonyl (C=O) groups excluding carboxylic acids is 1. The van der Waals surface area contributed by atoms with E-state index in [4.69, 9.17) is 9.84 Å². The number of nitrogens with one attached hydrogen (secondary N) is 1. The summed E-state index contributed by atoms with van der Waals surface area (Å²) in [5.41, 5.74) is -0.905. The largest absolute Gasteiger partial charge is 0.484 e. The predicted octanol–water partition coefficient (Wildman–Crippen LogP) is 2.31. The van der Waals surface area contributed by atoms with Crippen molar-refractivity contribution in [2.75, 3.05) is 6.61 Å². The molecule has 0 aliphatic rings. The third-order valence-corrected chi connectivity index (χ3v) is 2.60. The topological polar surface area (TPSA) is 75.6 Å². The zero-order valence-electron chi connectivity index (χ0n) is 11.4. The van der Waals surface area contributed by atoms with Crippen molar-refractivity contribution in [2.24, 2.45) is 0 Å². The molecule has 0 spiro atoms. The number of aliphatic carboxylic acids is 1. The van der Waals surface area contributed by atoms with Crippen LogP contribution < -0.4 is 10.1 Å². The van der Waals surface area contributed by atoms with Crippen molar-refractivity contribution in [3.8, 4) is 5.75 Å². The van der Waals surface area contributed by atoms with Crippen molar-refractivity contribution >= 4 is 11.9 Å². The van der Waals surface area contributed by atoms with Crippen molar-refractivity contribution in [3.05, 3.63) is 29.8 Å². The summed E-state index contributed by atoms with van der Waals surface area (Å²) in [6.07, 6.45) is -8.51. The molecule has 0 aliphatic heterocycles. The number of alkyl halides is 5. The third-order valence-electron chi connectivity index (χ3n) is 2.60. The summed E-state index contributed by atoms with van der Waals surface area (Å²) < 4.78 is 66.2. The molecule has 128 valence electrons. The number of benzene rings is 1. The lowest BCUT2D eigenvalue weighted by Crippen LogP contribution is -2.44. The summed E-state index contributed by atoms with van der Waals surface area (Å²) in [7, 11) is 0.